The molecule has 82 valence electrons. The normalized spacial score (nSPS) is 22.4. The lowest BCUT2D eigenvalue weighted by Crippen LogP contribution is -2.42. The van der Waals surface area contributed by atoms with Gasteiger partial charge in [0.2, 0.25) is 5.91 Å². The minimum Gasteiger partial charge on any atom is -0.389 e. The van der Waals surface area contributed by atoms with Gasteiger partial charge in [-0.3, -0.25) is 4.79 Å². The van der Waals surface area contributed by atoms with Crippen molar-refractivity contribution in [3.63, 3.8) is 0 Å². The van der Waals surface area contributed by atoms with Crippen molar-refractivity contribution in [2.45, 2.75) is 25.9 Å². The number of ether oxygens (including phenoxy) is 1. The molecule has 1 rings (SSSR count). The predicted octanol–water partition coefficient (Wildman–Crippen LogP) is 0.252. The van der Waals surface area contributed by atoms with Gasteiger partial charge in [0.15, 0.2) is 0 Å². The summed E-state index contributed by atoms with van der Waals surface area (Å²) in [6.07, 6.45) is 0.801. The van der Waals surface area contributed by atoms with E-state index in [1.807, 2.05) is 0 Å². The van der Waals surface area contributed by atoms with Crippen molar-refractivity contribution in [3.8, 4) is 0 Å². The van der Waals surface area contributed by atoms with Crippen molar-refractivity contribution < 1.29 is 14.6 Å². The second-order valence-electron chi connectivity index (χ2n) is 4.57. The smallest absolute Gasteiger partial charge is 0.227 e. The summed E-state index contributed by atoms with van der Waals surface area (Å²) in [5.74, 6) is 0.0620. The minimum absolute atomic E-state index is 0.0117. The number of amides is 1. The summed E-state index contributed by atoms with van der Waals surface area (Å²) >= 11 is 0. The largest absolute Gasteiger partial charge is 0.389 e. The van der Waals surface area contributed by atoms with E-state index in [-0.39, 0.29) is 11.8 Å². The van der Waals surface area contributed by atoms with Gasteiger partial charge in [0.25, 0.3) is 0 Å². The molecule has 1 saturated heterocycles. The van der Waals surface area contributed by atoms with Crippen molar-refractivity contribution in [2.75, 3.05) is 26.8 Å². The van der Waals surface area contributed by atoms with Gasteiger partial charge in [0, 0.05) is 20.2 Å². The molecular formula is C10H19NO3. The Balaban J connectivity index is 2.43. The summed E-state index contributed by atoms with van der Waals surface area (Å²) < 4.78 is 5.15. The first-order valence-corrected chi connectivity index (χ1v) is 4.95. The van der Waals surface area contributed by atoms with E-state index in [1.165, 1.54) is 0 Å². The molecule has 1 heterocycles. The van der Waals surface area contributed by atoms with Crippen LogP contribution >= 0.6 is 0 Å². The Morgan fingerprint density at radius 2 is 2.29 bits per heavy atom. The lowest BCUT2D eigenvalue weighted by atomic mass is 10.1. The highest BCUT2D eigenvalue weighted by Gasteiger charge is 2.28. The monoisotopic (exact) mass is 201 g/mol. The molecule has 14 heavy (non-hydrogen) atoms. The highest BCUT2D eigenvalue weighted by Crippen LogP contribution is 2.16. The van der Waals surface area contributed by atoms with Crippen LogP contribution in [0, 0.1) is 5.92 Å². The molecule has 0 saturated carbocycles. The quantitative estimate of drug-likeness (QED) is 0.712. The number of hydrogen-bond donors (Lipinski definition) is 1. The highest BCUT2D eigenvalue weighted by atomic mass is 16.5. The van der Waals surface area contributed by atoms with Crippen LogP contribution in [0.5, 0.6) is 0 Å². The van der Waals surface area contributed by atoms with Crippen molar-refractivity contribution in [3.05, 3.63) is 0 Å². The number of rotatable bonds is 3. The summed E-state index contributed by atoms with van der Waals surface area (Å²) in [4.78, 5) is 13.3. The zero-order valence-electron chi connectivity index (χ0n) is 9.12. The molecule has 1 aliphatic heterocycles. The van der Waals surface area contributed by atoms with E-state index >= 15 is 0 Å². The van der Waals surface area contributed by atoms with Gasteiger partial charge in [-0.05, 0) is 20.3 Å². The summed E-state index contributed by atoms with van der Waals surface area (Å²) in [6, 6.07) is 0. The minimum atomic E-state index is -0.829. The molecule has 1 N–H and O–H groups in total. The Morgan fingerprint density at radius 3 is 2.71 bits per heavy atom. The maximum Gasteiger partial charge on any atom is 0.227 e. The third-order valence-corrected chi connectivity index (χ3v) is 2.28. The van der Waals surface area contributed by atoms with Crippen LogP contribution in [0.2, 0.25) is 0 Å². The van der Waals surface area contributed by atoms with Crippen LogP contribution in [0.4, 0.5) is 0 Å². The van der Waals surface area contributed by atoms with E-state index < -0.39 is 5.60 Å². The third kappa shape index (κ3) is 3.27. The molecule has 1 aliphatic rings. The van der Waals surface area contributed by atoms with Crippen molar-refractivity contribution in [2.24, 2.45) is 5.92 Å². The lowest BCUT2D eigenvalue weighted by Gasteiger charge is -2.27. The standard InChI is InChI=1S/C10H19NO3/c1-10(2,13)7-11(3)9(12)8-4-5-14-6-8/h8,13H,4-7H2,1-3H3. The summed E-state index contributed by atoms with van der Waals surface area (Å²) in [5, 5.41) is 9.55. The molecule has 1 fully saturated rings. The Morgan fingerprint density at radius 1 is 1.64 bits per heavy atom. The molecule has 0 aromatic heterocycles. The average molecular weight is 201 g/mol. The van der Waals surface area contributed by atoms with E-state index in [2.05, 4.69) is 0 Å². The summed E-state index contributed by atoms with van der Waals surface area (Å²) in [5.41, 5.74) is -0.829. The van der Waals surface area contributed by atoms with Gasteiger partial charge in [-0.15, -0.1) is 0 Å². The fourth-order valence-electron chi connectivity index (χ4n) is 1.70. The van der Waals surface area contributed by atoms with Crippen molar-refractivity contribution in [1.82, 2.24) is 4.90 Å². The first-order valence-electron chi connectivity index (χ1n) is 4.95. The van der Waals surface area contributed by atoms with Crippen LogP contribution in [0.1, 0.15) is 20.3 Å². The number of carbonyl (C=O) groups is 1. The number of hydrogen-bond acceptors (Lipinski definition) is 3. The zero-order chi connectivity index (χ0) is 10.8. The van der Waals surface area contributed by atoms with E-state index in [9.17, 15) is 9.90 Å². The van der Waals surface area contributed by atoms with Gasteiger partial charge in [-0.25, -0.2) is 0 Å². The Labute approximate surface area is 84.8 Å². The van der Waals surface area contributed by atoms with Crippen LogP contribution in [-0.2, 0) is 9.53 Å². The van der Waals surface area contributed by atoms with Gasteiger partial charge in [-0.1, -0.05) is 0 Å². The summed E-state index contributed by atoms with van der Waals surface area (Å²) in [7, 11) is 1.72. The van der Waals surface area contributed by atoms with Crippen LogP contribution in [0.25, 0.3) is 0 Å². The second kappa shape index (κ2) is 4.28. The van der Waals surface area contributed by atoms with Gasteiger partial charge < -0.3 is 14.7 Å². The first-order chi connectivity index (χ1) is 6.40. The van der Waals surface area contributed by atoms with Gasteiger partial charge >= 0.3 is 0 Å². The van der Waals surface area contributed by atoms with Crippen LogP contribution in [-0.4, -0.2) is 48.3 Å². The molecule has 0 radical (unpaired) electrons. The molecule has 4 nitrogen and oxygen atoms in total. The van der Waals surface area contributed by atoms with E-state index in [0.717, 1.165) is 6.42 Å². The van der Waals surface area contributed by atoms with E-state index in [4.69, 9.17) is 4.74 Å². The molecule has 1 atom stereocenters. The van der Waals surface area contributed by atoms with Gasteiger partial charge in [0.1, 0.15) is 0 Å². The highest BCUT2D eigenvalue weighted by molar-refractivity contribution is 5.79. The predicted molar refractivity (Wildman–Crippen MR) is 52.9 cm³/mol. The Bertz CT molecular complexity index is 204. The molecule has 0 aromatic rings. The van der Waals surface area contributed by atoms with Crippen molar-refractivity contribution in [1.29, 1.82) is 0 Å². The van der Waals surface area contributed by atoms with Crippen molar-refractivity contribution >= 4 is 5.91 Å². The molecule has 1 unspecified atom stereocenters. The fourth-order valence-corrected chi connectivity index (χ4v) is 1.70. The SMILES string of the molecule is CN(CC(C)(C)O)C(=O)C1CCOC1. The number of carbonyl (C=O) groups excluding carboxylic acids is 1. The molecule has 1 amide bonds. The lowest BCUT2D eigenvalue weighted by molar-refractivity contribution is -0.136. The Hall–Kier alpha value is -0.610. The molecule has 0 spiro atoms. The summed E-state index contributed by atoms with van der Waals surface area (Å²) in [6.45, 7) is 4.95. The van der Waals surface area contributed by atoms with Crippen LogP contribution in [0.15, 0.2) is 0 Å². The molecular weight excluding hydrogens is 182 g/mol. The first kappa shape index (κ1) is 11.5. The molecule has 0 bridgehead atoms. The second-order valence-corrected chi connectivity index (χ2v) is 4.57. The van der Waals surface area contributed by atoms with Gasteiger partial charge in [0.05, 0.1) is 18.1 Å². The maximum atomic E-state index is 11.8. The van der Waals surface area contributed by atoms with Crippen LogP contribution in [0.3, 0.4) is 0 Å². The van der Waals surface area contributed by atoms with E-state index in [1.54, 1.807) is 25.8 Å². The topological polar surface area (TPSA) is 49.8 Å². The molecule has 0 aliphatic carbocycles. The maximum absolute atomic E-state index is 11.8. The number of nitrogens with zero attached hydrogens (tertiary/aromatic N) is 1. The molecule has 0 aromatic carbocycles. The van der Waals surface area contributed by atoms with E-state index in [0.29, 0.717) is 19.8 Å². The number of aliphatic hydroxyl groups is 1. The molecule has 4 heteroatoms. The van der Waals surface area contributed by atoms with Crippen LogP contribution < -0.4 is 0 Å². The average Bonchev–Trinajstić information content (AvgIpc) is 2.51. The zero-order valence-corrected chi connectivity index (χ0v) is 9.12. The number of likely N-dealkylation sites (N-methyl/N-ethyl adjacent to an activating group) is 1. The van der Waals surface area contributed by atoms with Gasteiger partial charge in [-0.2, -0.15) is 0 Å². The Kier molecular flexibility index (Phi) is 3.50. The fraction of sp³-hybridized carbons (Fsp3) is 0.900. The third-order valence-electron chi connectivity index (χ3n) is 2.28.